The van der Waals surface area contributed by atoms with Crippen molar-refractivity contribution in [2.75, 3.05) is 12.3 Å². The first-order valence-corrected chi connectivity index (χ1v) is 5.34. The molecule has 0 saturated carbocycles. The lowest BCUT2D eigenvalue weighted by molar-refractivity contribution is 0.0952. The van der Waals surface area contributed by atoms with Gasteiger partial charge in [-0.3, -0.25) is 9.48 Å². The molecule has 1 aromatic heterocycles. The Morgan fingerprint density at radius 2 is 2.33 bits per heavy atom. The number of hydrogen-bond acceptors (Lipinski definition) is 4. The van der Waals surface area contributed by atoms with E-state index >= 15 is 0 Å². The maximum absolute atomic E-state index is 12.9. The van der Waals surface area contributed by atoms with Gasteiger partial charge in [0.15, 0.2) is 0 Å². The van der Waals surface area contributed by atoms with E-state index in [4.69, 9.17) is 5.73 Å². The maximum Gasteiger partial charge on any atom is 0.251 e. The van der Waals surface area contributed by atoms with Crippen molar-refractivity contribution in [1.29, 1.82) is 0 Å². The second kappa shape index (κ2) is 5.26. The number of benzene rings is 1. The Morgan fingerprint density at radius 1 is 1.50 bits per heavy atom. The third-order valence-electron chi connectivity index (χ3n) is 2.36. The Bertz CT molecular complexity index is 540. The molecule has 3 N–H and O–H groups in total. The average molecular weight is 249 g/mol. The number of carbonyl (C=O) groups is 1. The SMILES string of the molecule is Nc1cc(C(=O)NCCn2ccnn2)ccc1F. The molecule has 0 saturated heterocycles. The summed E-state index contributed by atoms with van der Waals surface area (Å²) in [5.74, 6) is -0.837. The topological polar surface area (TPSA) is 85.8 Å². The van der Waals surface area contributed by atoms with E-state index < -0.39 is 5.82 Å². The van der Waals surface area contributed by atoms with Crippen LogP contribution in [0.1, 0.15) is 10.4 Å². The highest BCUT2D eigenvalue weighted by Crippen LogP contribution is 2.11. The van der Waals surface area contributed by atoms with Crippen LogP contribution < -0.4 is 11.1 Å². The van der Waals surface area contributed by atoms with Crippen molar-refractivity contribution in [2.45, 2.75) is 6.54 Å². The van der Waals surface area contributed by atoms with Gasteiger partial charge in [-0.25, -0.2) is 4.39 Å². The molecule has 0 spiro atoms. The molecule has 2 rings (SSSR count). The van der Waals surface area contributed by atoms with Crippen LogP contribution in [0.15, 0.2) is 30.6 Å². The number of nitrogen functional groups attached to an aromatic ring is 1. The minimum atomic E-state index is -0.533. The molecule has 0 aliphatic carbocycles. The Balaban J connectivity index is 1.89. The van der Waals surface area contributed by atoms with Gasteiger partial charge in [0.2, 0.25) is 0 Å². The summed E-state index contributed by atoms with van der Waals surface area (Å²) in [7, 11) is 0. The minimum absolute atomic E-state index is 0.0427. The molecule has 1 amide bonds. The van der Waals surface area contributed by atoms with Crippen LogP contribution in [-0.2, 0) is 6.54 Å². The third kappa shape index (κ3) is 2.82. The van der Waals surface area contributed by atoms with E-state index in [1.807, 2.05) is 0 Å². The number of nitrogens with one attached hydrogen (secondary N) is 1. The van der Waals surface area contributed by atoms with Gasteiger partial charge in [-0.2, -0.15) is 0 Å². The van der Waals surface area contributed by atoms with Crippen LogP contribution in [0.5, 0.6) is 0 Å². The minimum Gasteiger partial charge on any atom is -0.396 e. The summed E-state index contributed by atoms with van der Waals surface area (Å²) < 4.78 is 14.5. The molecule has 7 heteroatoms. The second-order valence-electron chi connectivity index (χ2n) is 3.66. The van der Waals surface area contributed by atoms with Gasteiger partial charge in [0.25, 0.3) is 5.91 Å². The summed E-state index contributed by atoms with van der Waals surface area (Å²) in [6.45, 7) is 0.919. The molecule has 0 bridgehead atoms. The van der Waals surface area contributed by atoms with Gasteiger partial charge in [-0.1, -0.05) is 5.21 Å². The number of rotatable bonds is 4. The molecule has 0 radical (unpaired) electrons. The lowest BCUT2D eigenvalue weighted by Gasteiger charge is -2.06. The van der Waals surface area contributed by atoms with Crippen LogP contribution in [0, 0.1) is 5.82 Å². The normalized spacial score (nSPS) is 10.3. The van der Waals surface area contributed by atoms with Crippen molar-refractivity contribution in [3.8, 4) is 0 Å². The van der Waals surface area contributed by atoms with E-state index in [9.17, 15) is 9.18 Å². The molecule has 0 fully saturated rings. The second-order valence-corrected chi connectivity index (χ2v) is 3.66. The molecule has 6 nitrogen and oxygen atoms in total. The summed E-state index contributed by atoms with van der Waals surface area (Å²) in [5, 5.41) is 10.1. The summed E-state index contributed by atoms with van der Waals surface area (Å²) in [6, 6.07) is 3.86. The first-order valence-electron chi connectivity index (χ1n) is 5.34. The van der Waals surface area contributed by atoms with Gasteiger partial charge in [0.05, 0.1) is 18.4 Å². The molecule has 94 valence electrons. The number of amides is 1. The van der Waals surface area contributed by atoms with Crippen molar-refractivity contribution >= 4 is 11.6 Å². The molecule has 0 unspecified atom stereocenters. The lowest BCUT2D eigenvalue weighted by atomic mass is 10.2. The van der Waals surface area contributed by atoms with Crippen LogP contribution >= 0.6 is 0 Å². The van der Waals surface area contributed by atoms with Gasteiger partial charge in [-0.15, -0.1) is 5.10 Å². The van der Waals surface area contributed by atoms with Crippen molar-refractivity contribution in [3.63, 3.8) is 0 Å². The third-order valence-corrected chi connectivity index (χ3v) is 2.36. The van der Waals surface area contributed by atoms with Crippen molar-refractivity contribution in [2.24, 2.45) is 0 Å². The Labute approximate surface area is 103 Å². The fraction of sp³-hybridized carbons (Fsp3) is 0.182. The average Bonchev–Trinajstić information content (AvgIpc) is 2.85. The van der Waals surface area contributed by atoms with E-state index in [0.29, 0.717) is 18.7 Å². The number of carbonyl (C=O) groups excluding carboxylic acids is 1. The zero-order chi connectivity index (χ0) is 13.0. The monoisotopic (exact) mass is 249 g/mol. The summed E-state index contributed by atoms with van der Waals surface area (Å²) in [5.41, 5.74) is 5.67. The Hall–Kier alpha value is -2.44. The molecule has 0 aliphatic heterocycles. The highest BCUT2D eigenvalue weighted by atomic mass is 19.1. The first-order chi connectivity index (χ1) is 8.66. The fourth-order valence-corrected chi connectivity index (χ4v) is 1.42. The van der Waals surface area contributed by atoms with Crippen molar-refractivity contribution in [1.82, 2.24) is 20.3 Å². The van der Waals surface area contributed by atoms with Crippen molar-refractivity contribution < 1.29 is 9.18 Å². The first kappa shape index (κ1) is 12.0. The predicted octanol–water partition coefficient (Wildman–Crippen LogP) is 0.429. The number of anilines is 1. The van der Waals surface area contributed by atoms with Gasteiger partial charge in [0, 0.05) is 18.3 Å². The summed E-state index contributed by atoms with van der Waals surface area (Å²) >= 11 is 0. The highest BCUT2D eigenvalue weighted by molar-refractivity contribution is 5.94. The summed E-state index contributed by atoms with van der Waals surface area (Å²) in [6.07, 6.45) is 3.25. The number of nitrogens with two attached hydrogens (primary N) is 1. The van der Waals surface area contributed by atoms with E-state index in [1.54, 1.807) is 17.1 Å². The number of nitrogens with zero attached hydrogens (tertiary/aromatic N) is 3. The maximum atomic E-state index is 12.9. The van der Waals surface area contributed by atoms with Crippen LogP contribution in [0.25, 0.3) is 0 Å². The van der Waals surface area contributed by atoms with Gasteiger partial charge in [-0.05, 0) is 18.2 Å². The standard InChI is InChI=1S/C11H12FN5O/c12-9-2-1-8(7-10(9)13)11(18)14-3-5-17-6-4-15-16-17/h1-2,4,6-7H,3,5,13H2,(H,14,18). The predicted molar refractivity (Wildman–Crippen MR) is 63.2 cm³/mol. The smallest absolute Gasteiger partial charge is 0.251 e. The zero-order valence-corrected chi connectivity index (χ0v) is 9.51. The van der Waals surface area contributed by atoms with E-state index in [2.05, 4.69) is 15.6 Å². The van der Waals surface area contributed by atoms with Crippen LogP contribution in [0.4, 0.5) is 10.1 Å². The molecule has 0 aliphatic rings. The van der Waals surface area contributed by atoms with Gasteiger partial charge in [0.1, 0.15) is 5.82 Å². The van der Waals surface area contributed by atoms with E-state index in [-0.39, 0.29) is 11.6 Å². The molecule has 2 aromatic rings. The van der Waals surface area contributed by atoms with Crippen LogP contribution in [0.3, 0.4) is 0 Å². The van der Waals surface area contributed by atoms with E-state index in [0.717, 1.165) is 0 Å². The quantitative estimate of drug-likeness (QED) is 0.769. The molecular formula is C11H12FN5O. The fourth-order valence-electron chi connectivity index (χ4n) is 1.42. The molecule has 18 heavy (non-hydrogen) atoms. The van der Waals surface area contributed by atoms with Crippen molar-refractivity contribution in [3.05, 3.63) is 42.0 Å². The Morgan fingerprint density at radius 3 is 3.00 bits per heavy atom. The van der Waals surface area contributed by atoms with E-state index in [1.165, 1.54) is 18.2 Å². The number of halogens is 1. The Kier molecular flexibility index (Phi) is 3.52. The number of aromatic nitrogens is 3. The number of hydrogen-bond donors (Lipinski definition) is 2. The lowest BCUT2D eigenvalue weighted by Crippen LogP contribution is -2.27. The van der Waals surface area contributed by atoms with Gasteiger partial charge < -0.3 is 11.1 Å². The molecular weight excluding hydrogens is 237 g/mol. The molecule has 1 aromatic carbocycles. The van der Waals surface area contributed by atoms with Gasteiger partial charge >= 0.3 is 0 Å². The largest absolute Gasteiger partial charge is 0.396 e. The molecule has 0 atom stereocenters. The molecule has 1 heterocycles. The summed E-state index contributed by atoms with van der Waals surface area (Å²) in [4.78, 5) is 11.7. The highest BCUT2D eigenvalue weighted by Gasteiger charge is 2.07. The van der Waals surface area contributed by atoms with Crippen LogP contribution in [0.2, 0.25) is 0 Å². The van der Waals surface area contributed by atoms with Crippen LogP contribution in [-0.4, -0.2) is 27.4 Å². The zero-order valence-electron chi connectivity index (χ0n) is 9.51.